The van der Waals surface area contributed by atoms with Crippen molar-refractivity contribution in [3.63, 3.8) is 0 Å². The third-order valence-corrected chi connectivity index (χ3v) is 4.97. The van der Waals surface area contributed by atoms with Crippen molar-refractivity contribution in [1.82, 2.24) is 19.7 Å². The molecule has 0 spiro atoms. The summed E-state index contributed by atoms with van der Waals surface area (Å²) in [4.78, 5) is 31.1. The van der Waals surface area contributed by atoms with Crippen molar-refractivity contribution in [2.24, 2.45) is 5.92 Å². The van der Waals surface area contributed by atoms with Crippen molar-refractivity contribution < 1.29 is 4.79 Å². The van der Waals surface area contributed by atoms with Crippen LogP contribution in [0.5, 0.6) is 0 Å². The fraction of sp³-hybridized carbons (Fsp3) is 0.529. The van der Waals surface area contributed by atoms with Gasteiger partial charge in [0.1, 0.15) is 0 Å². The third kappa shape index (κ3) is 4.07. The maximum atomic E-state index is 12.2. The number of anilines is 1. The molecule has 3 heterocycles. The van der Waals surface area contributed by atoms with Gasteiger partial charge < -0.3 is 4.90 Å². The van der Waals surface area contributed by atoms with Gasteiger partial charge in [-0.15, -0.1) is 11.3 Å². The highest BCUT2D eigenvalue weighted by Crippen LogP contribution is 2.22. The first kappa shape index (κ1) is 17.6. The van der Waals surface area contributed by atoms with Crippen LogP contribution in [0.25, 0.3) is 0 Å². The lowest BCUT2D eigenvalue weighted by molar-refractivity contribution is 0.116. The summed E-state index contributed by atoms with van der Waals surface area (Å²) in [6.07, 6.45) is 1.74. The van der Waals surface area contributed by atoms with Gasteiger partial charge in [-0.25, -0.2) is 14.5 Å². The number of urea groups is 1. The van der Waals surface area contributed by atoms with Gasteiger partial charge in [0, 0.05) is 41.6 Å². The van der Waals surface area contributed by atoms with E-state index in [1.54, 1.807) is 23.2 Å². The maximum absolute atomic E-state index is 12.2. The van der Waals surface area contributed by atoms with Gasteiger partial charge in [-0.3, -0.25) is 10.1 Å². The summed E-state index contributed by atoms with van der Waals surface area (Å²) in [5, 5.41) is 7.89. The maximum Gasteiger partial charge on any atom is 0.323 e. The number of carbonyl (C=O) groups is 1. The van der Waals surface area contributed by atoms with E-state index in [0.29, 0.717) is 24.8 Å². The number of thiazole rings is 1. The molecule has 2 amide bonds. The van der Waals surface area contributed by atoms with Gasteiger partial charge in [0.05, 0.1) is 12.2 Å². The second-order valence-corrected chi connectivity index (χ2v) is 8.70. The molecule has 7 nitrogen and oxygen atoms in total. The van der Waals surface area contributed by atoms with E-state index in [1.807, 2.05) is 6.92 Å². The molecule has 0 unspecified atom stereocenters. The SMILES string of the molecule is Cc1cnc(NC(=O)N2CC(Cn3nc(C(C)(C)C)ccc3=O)C2)s1. The highest BCUT2D eigenvalue weighted by atomic mass is 32.1. The topological polar surface area (TPSA) is 80.1 Å². The Morgan fingerprint density at radius 1 is 1.36 bits per heavy atom. The second kappa shape index (κ2) is 6.59. The number of aryl methyl sites for hydroxylation is 1. The van der Waals surface area contributed by atoms with Crippen LogP contribution < -0.4 is 10.9 Å². The summed E-state index contributed by atoms with van der Waals surface area (Å²) in [6.45, 7) is 9.92. The van der Waals surface area contributed by atoms with E-state index in [0.717, 1.165) is 10.6 Å². The van der Waals surface area contributed by atoms with Crippen molar-refractivity contribution >= 4 is 22.5 Å². The molecule has 0 aromatic carbocycles. The molecule has 1 saturated heterocycles. The van der Waals surface area contributed by atoms with Crippen LogP contribution in [0.2, 0.25) is 0 Å². The first-order valence-corrected chi connectivity index (χ1v) is 9.11. The van der Waals surface area contributed by atoms with Crippen molar-refractivity contribution in [3.8, 4) is 0 Å². The first-order valence-electron chi connectivity index (χ1n) is 8.29. The summed E-state index contributed by atoms with van der Waals surface area (Å²) < 4.78 is 1.52. The van der Waals surface area contributed by atoms with Crippen molar-refractivity contribution in [1.29, 1.82) is 0 Å². The van der Waals surface area contributed by atoms with E-state index in [9.17, 15) is 9.59 Å². The van der Waals surface area contributed by atoms with E-state index in [2.05, 4.69) is 36.2 Å². The monoisotopic (exact) mass is 361 g/mol. The Balaban J connectivity index is 1.57. The van der Waals surface area contributed by atoms with Crippen molar-refractivity contribution in [2.75, 3.05) is 18.4 Å². The quantitative estimate of drug-likeness (QED) is 0.911. The van der Waals surface area contributed by atoms with Crippen LogP contribution in [-0.4, -0.2) is 38.8 Å². The number of hydrogen-bond acceptors (Lipinski definition) is 5. The standard InChI is InChI=1S/C17H23N5O2S/c1-11-7-18-15(25-11)19-16(24)21-8-12(9-21)10-22-14(23)6-5-13(20-22)17(2,3)4/h5-7,12H,8-10H2,1-4H3,(H,18,19,24). The molecule has 3 rings (SSSR count). The van der Waals surface area contributed by atoms with E-state index < -0.39 is 0 Å². The Kier molecular flexibility index (Phi) is 4.64. The normalized spacial score (nSPS) is 15.1. The predicted octanol–water partition coefficient (Wildman–Crippen LogP) is 2.47. The number of nitrogens with zero attached hydrogens (tertiary/aromatic N) is 4. The van der Waals surface area contributed by atoms with Crippen LogP contribution in [-0.2, 0) is 12.0 Å². The minimum Gasteiger partial charge on any atom is -0.324 e. The van der Waals surface area contributed by atoms with Gasteiger partial charge in [-0.2, -0.15) is 5.10 Å². The second-order valence-electron chi connectivity index (χ2n) is 7.47. The Hall–Kier alpha value is -2.22. The fourth-order valence-electron chi connectivity index (χ4n) is 2.66. The zero-order valence-corrected chi connectivity index (χ0v) is 15.8. The van der Waals surface area contributed by atoms with Crippen LogP contribution in [0.3, 0.4) is 0 Å². The lowest BCUT2D eigenvalue weighted by Crippen LogP contribution is -2.53. The van der Waals surface area contributed by atoms with E-state index in [-0.39, 0.29) is 22.9 Å². The average Bonchev–Trinajstić information content (AvgIpc) is 2.87. The number of aromatic nitrogens is 3. The minimum atomic E-state index is -0.144. The molecular formula is C17H23N5O2S. The molecule has 134 valence electrons. The van der Waals surface area contributed by atoms with Crippen LogP contribution >= 0.6 is 11.3 Å². The van der Waals surface area contributed by atoms with Gasteiger partial charge in [0.25, 0.3) is 5.56 Å². The Morgan fingerprint density at radius 2 is 2.08 bits per heavy atom. The summed E-state index contributed by atoms with van der Waals surface area (Å²) in [5.74, 6) is 0.240. The van der Waals surface area contributed by atoms with Gasteiger partial charge in [-0.05, 0) is 13.0 Å². The van der Waals surface area contributed by atoms with E-state index in [4.69, 9.17) is 0 Å². The zero-order valence-electron chi connectivity index (χ0n) is 14.9. The third-order valence-electron chi connectivity index (χ3n) is 4.15. The van der Waals surface area contributed by atoms with E-state index >= 15 is 0 Å². The van der Waals surface area contributed by atoms with E-state index in [1.165, 1.54) is 16.0 Å². The Morgan fingerprint density at radius 3 is 2.68 bits per heavy atom. The highest BCUT2D eigenvalue weighted by Gasteiger charge is 2.32. The van der Waals surface area contributed by atoms with Crippen LogP contribution in [0, 0.1) is 12.8 Å². The molecule has 2 aromatic heterocycles. The zero-order chi connectivity index (χ0) is 18.2. The molecule has 1 fully saturated rings. The first-order chi connectivity index (χ1) is 11.7. The average molecular weight is 361 g/mol. The minimum absolute atomic E-state index is 0.103. The number of carbonyl (C=O) groups excluding carboxylic acids is 1. The highest BCUT2D eigenvalue weighted by molar-refractivity contribution is 7.15. The molecule has 0 atom stereocenters. The molecule has 0 saturated carbocycles. The molecule has 1 N–H and O–H groups in total. The van der Waals surface area contributed by atoms with Crippen LogP contribution in [0.15, 0.2) is 23.1 Å². The summed E-state index contributed by atoms with van der Waals surface area (Å²) in [5.41, 5.74) is 0.682. The molecule has 0 radical (unpaired) electrons. The molecule has 25 heavy (non-hydrogen) atoms. The molecule has 0 aliphatic carbocycles. The fourth-order valence-corrected chi connectivity index (χ4v) is 3.31. The Bertz CT molecular complexity index is 830. The molecule has 8 heteroatoms. The molecule has 0 bridgehead atoms. The number of likely N-dealkylation sites (tertiary alicyclic amines) is 1. The lowest BCUT2D eigenvalue weighted by Gasteiger charge is -2.38. The number of amides is 2. The smallest absolute Gasteiger partial charge is 0.323 e. The Labute approximate surface area is 150 Å². The lowest BCUT2D eigenvalue weighted by atomic mass is 9.92. The molecule has 2 aromatic rings. The van der Waals surface area contributed by atoms with Crippen LogP contribution in [0.1, 0.15) is 31.3 Å². The van der Waals surface area contributed by atoms with Gasteiger partial charge in [0.15, 0.2) is 5.13 Å². The molecule has 1 aliphatic heterocycles. The van der Waals surface area contributed by atoms with Gasteiger partial charge in [0.2, 0.25) is 0 Å². The van der Waals surface area contributed by atoms with Gasteiger partial charge >= 0.3 is 6.03 Å². The largest absolute Gasteiger partial charge is 0.324 e. The van der Waals surface area contributed by atoms with Crippen molar-refractivity contribution in [3.05, 3.63) is 39.3 Å². The summed E-state index contributed by atoms with van der Waals surface area (Å²) in [7, 11) is 0. The predicted molar refractivity (Wildman–Crippen MR) is 98.1 cm³/mol. The number of rotatable bonds is 3. The van der Waals surface area contributed by atoms with Crippen LogP contribution in [0.4, 0.5) is 9.93 Å². The summed E-state index contributed by atoms with van der Waals surface area (Å²) in [6, 6.07) is 3.21. The summed E-state index contributed by atoms with van der Waals surface area (Å²) >= 11 is 1.45. The molecule has 1 aliphatic rings. The van der Waals surface area contributed by atoms with Gasteiger partial charge in [-0.1, -0.05) is 20.8 Å². The number of nitrogens with one attached hydrogen (secondary N) is 1. The van der Waals surface area contributed by atoms with Crippen molar-refractivity contribution in [2.45, 2.75) is 39.7 Å². The number of hydrogen-bond donors (Lipinski definition) is 1. The molecular weight excluding hydrogens is 338 g/mol.